The average Bonchev–Trinajstić information content (AvgIpc) is 2.48. The lowest BCUT2D eigenvalue weighted by Crippen LogP contribution is -2.13. The Bertz CT molecular complexity index is 686. The summed E-state index contributed by atoms with van der Waals surface area (Å²) in [6.45, 7) is 0. The third kappa shape index (κ3) is 4.22. The maximum Gasteiger partial charge on any atom is 0.279 e. The van der Waals surface area contributed by atoms with Crippen LogP contribution in [0.4, 0.5) is 4.39 Å². The number of rotatable bonds is 2. The van der Waals surface area contributed by atoms with Gasteiger partial charge in [-0.05, 0) is 48.2 Å². The standard InChI is InChI=1S/C14H11FN4OS/c15-11-3-1-10(2-4-11)13(20)19-14(17)21-12(16)9-5-7-18-8-6-9/h1-8,16H,(H2,17,19,20). The van der Waals surface area contributed by atoms with Crippen LogP contribution in [0.1, 0.15) is 15.9 Å². The lowest BCUT2D eigenvalue weighted by molar-refractivity contribution is 0.100. The predicted octanol–water partition coefficient (Wildman–Crippen LogP) is 2.43. The molecule has 5 nitrogen and oxygen atoms in total. The van der Waals surface area contributed by atoms with Gasteiger partial charge in [0.2, 0.25) is 0 Å². The molecule has 0 saturated heterocycles. The SMILES string of the molecule is N=C(SC(N)=NC(=O)c1ccc(F)cc1)c1ccncc1. The van der Waals surface area contributed by atoms with Gasteiger partial charge in [0.05, 0.1) is 0 Å². The Morgan fingerprint density at radius 2 is 1.76 bits per heavy atom. The lowest BCUT2D eigenvalue weighted by Gasteiger charge is -2.02. The first-order valence-corrected chi connectivity index (χ1v) is 6.69. The molecule has 0 aliphatic carbocycles. The van der Waals surface area contributed by atoms with Gasteiger partial charge in [0.25, 0.3) is 5.91 Å². The van der Waals surface area contributed by atoms with E-state index in [1.54, 1.807) is 24.5 Å². The minimum absolute atomic E-state index is 0.0499. The van der Waals surface area contributed by atoms with Crippen molar-refractivity contribution in [2.24, 2.45) is 10.7 Å². The maximum atomic E-state index is 12.8. The van der Waals surface area contributed by atoms with E-state index in [1.165, 1.54) is 24.3 Å². The first-order valence-electron chi connectivity index (χ1n) is 5.87. The molecule has 106 valence electrons. The highest BCUT2D eigenvalue weighted by molar-refractivity contribution is 8.26. The van der Waals surface area contributed by atoms with E-state index in [-0.39, 0.29) is 15.8 Å². The molecule has 0 unspecified atom stereocenters. The molecule has 0 fully saturated rings. The lowest BCUT2D eigenvalue weighted by atomic mass is 10.2. The van der Waals surface area contributed by atoms with E-state index < -0.39 is 11.7 Å². The van der Waals surface area contributed by atoms with Crippen molar-refractivity contribution in [2.45, 2.75) is 0 Å². The molecule has 1 aromatic heterocycles. The van der Waals surface area contributed by atoms with Crippen LogP contribution in [0.5, 0.6) is 0 Å². The highest BCUT2D eigenvalue weighted by Crippen LogP contribution is 2.12. The number of nitrogens with one attached hydrogen (secondary N) is 1. The quantitative estimate of drug-likeness (QED) is 0.658. The Hall–Kier alpha value is -2.54. The average molecular weight is 302 g/mol. The largest absolute Gasteiger partial charge is 0.378 e. The van der Waals surface area contributed by atoms with E-state index in [4.69, 9.17) is 11.1 Å². The van der Waals surface area contributed by atoms with Crippen molar-refractivity contribution >= 4 is 27.9 Å². The van der Waals surface area contributed by atoms with E-state index in [0.717, 1.165) is 11.8 Å². The molecule has 0 saturated carbocycles. The molecule has 21 heavy (non-hydrogen) atoms. The van der Waals surface area contributed by atoms with Gasteiger partial charge in [0.1, 0.15) is 10.9 Å². The van der Waals surface area contributed by atoms with E-state index in [2.05, 4.69) is 9.98 Å². The Morgan fingerprint density at radius 3 is 2.38 bits per heavy atom. The first kappa shape index (κ1) is 14.9. The number of carbonyl (C=O) groups excluding carboxylic acids is 1. The topological polar surface area (TPSA) is 92.2 Å². The van der Waals surface area contributed by atoms with Crippen LogP contribution in [0, 0.1) is 11.2 Å². The highest BCUT2D eigenvalue weighted by Gasteiger charge is 2.09. The van der Waals surface area contributed by atoms with Crippen molar-refractivity contribution in [3.63, 3.8) is 0 Å². The van der Waals surface area contributed by atoms with Gasteiger partial charge in [0, 0.05) is 23.5 Å². The number of nitrogens with two attached hydrogens (primary N) is 1. The van der Waals surface area contributed by atoms with Crippen LogP contribution < -0.4 is 5.73 Å². The molecule has 0 aliphatic heterocycles. The number of amidine groups is 1. The molecule has 3 N–H and O–H groups in total. The fourth-order valence-corrected chi connectivity index (χ4v) is 2.04. The molecule has 2 aromatic rings. The van der Waals surface area contributed by atoms with Crippen LogP contribution >= 0.6 is 11.8 Å². The van der Waals surface area contributed by atoms with E-state index >= 15 is 0 Å². The number of benzene rings is 1. The fraction of sp³-hybridized carbons (Fsp3) is 0. The van der Waals surface area contributed by atoms with Gasteiger partial charge in [-0.15, -0.1) is 0 Å². The van der Waals surface area contributed by atoms with Crippen molar-refractivity contribution in [3.05, 3.63) is 65.7 Å². The molecule has 0 bridgehead atoms. The minimum atomic E-state index is -0.581. The van der Waals surface area contributed by atoms with Gasteiger partial charge < -0.3 is 5.73 Å². The summed E-state index contributed by atoms with van der Waals surface area (Å²) in [5.74, 6) is -1.01. The van der Waals surface area contributed by atoms with Gasteiger partial charge in [-0.25, -0.2) is 4.39 Å². The van der Waals surface area contributed by atoms with Gasteiger partial charge in [-0.1, -0.05) is 0 Å². The number of hydrogen-bond acceptors (Lipinski definition) is 4. The molecule has 0 atom stereocenters. The number of aliphatic imine (C=N–C) groups is 1. The normalized spacial score (nSPS) is 11.2. The molecule has 1 heterocycles. The smallest absolute Gasteiger partial charge is 0.279 e. The number of carbonyl (C=O) groups is 1. The Balaban J connectivity index is 2.05. The Morgan fingerprint density at radius 1 is 1.14 bits per heavy atom. The van der Waals surface area contributed by atoms with Crippen LogP contribution in [0.3, 0.4) is 0 Å². The summed E-state index contributed by atoms with van der Waals surface area (Å²) in [4.78, 5) is 19.3. The van der Waals surface area contributed by atoms with Crippen LogP contribution in [0.15, 0.2) is 53.8 Å². The number of amides is 1. The Labute approximate surface area is 124 Å². The summed E-state index contributed by atoms with van der Waals surface area (Å²) in [5.41, 5.74) is 6.50. The van der Waals surface area contributed by atoms with Crippen LogP contribution in [-0.4, -0.2) is 21.1 Å². The summed E-state index contributed by atoms with van der Waals surface area (Å²) in [6, 6.07) is 8.31. The number of thioether (sulfide) groups is 1. The van der Waals surface area contributed by atoms with E-state index in [9.17, 15) is 9.18 Å². The van der Waals surface area contributed by atoms with Crippen LogP contribution in [0.25, 0.3) is 0 Å². The Kier molecular flexibility index (Phi) is 4.78. The molecule has 1 aromatic carbocycles. The van der Waals surface area contributed by atoms with Gasteiger partial charge in [-0.3, -0.25) is 15.2 Å². The second-order valence-corrected chi connectivity index (χ2v) is 4.96. The number of pyridine rings is 1. The monoisotopic (exact) mass is 302 g/mol. The third-order valence-electron chi connectivity index (χ3n) is 2.45. The van der Waals surface area contributed by atoms with Crippen molar-refractivity contribution < 1.29 is 9.18 Å². The zero-order chi connectivity index (χ0) is 15.2. The van der Waals surface area contributed by atoms with E-state index in [1.807, 2.05) is 0 Å². The van der Waals surface area contributed by atoms with Crippen molar-refractivity contribution in [1.82, 2.24) is 4.98 Å². The van der Waals surface area contributed by atoms with Crippen molar-refractivity contribution in [2.75, 3.05) is 0 Å². The number of hydrogen-bond donors (Lipinski definition) is 2. The van der Waals surface area contributed by atoms with Gasteiger partial charge >= 0.3 is 0 Å². The summed E-state index contributed by atoms with van der Waals surface area (Å²) >= 11 is 0.867. The summed E-state index contributed by atoms with van der Waals surface area (Å²) < 4.78 is 12.8. The second kappa shape index (κ2) is 6.76. The summed E-state index contributed by atoms with van der Waals surface area (Å²) in [5, 5.41) is 7.96. The maximum absolute atomic E-state index is 12.8. The molecule has 0 radical (unpaired) electrons. The zero-order valence-electron chi connectivity index (χ0n) is 10.8. The van der Waals surface area contributed by atoms with E-state index in [0.29, 0.717) is 5.56 Å². The molecule has 1 amide bonds. The van der Waals surface area contributed by atoms with Gasteiger partial charge in [-0.2, -0.15) is 4.99 Å². The van der Waals surface area contributed by atoms with Gasteiger partial charge in [0.15, 0.2) is 5.17 Å². The molecule has 0 aliphatic rings. The summed E-state index contributed by atoms with van der Waals surface area (Å²) in [6.07, 6.45) is 3.11. The van der Waals surface area contributed by atoms with Crippen molar-refractivity contribution in [1.29, 1.82) is 5.41 Å². The molecule has 7 heteroatoms. The molecule has 2 rings (SSSR count). The first-order chi connectivity index (χ1) is 10.1. The second-order valence-electron chi connectivity index (χ2n) is 3.93. The zero-order valence-corrected chi connectivity index (χ0v) is 11.6. The molecule has 0 spiro atoms. The van der Waals surface area contributed by atoms with Crippen molar-refractivity contribution in [3.8, 4) is 0 Å². The predicted molar refractivity (Wildman–Crippen MR) is 81.0 cm³/mol. The minimum Gasteiger partial charge on any atom is -0.378 e. The highest BCUT2D eigenvalue weighted by atomic mass is 32.2. The fourth-order valence-electron chi connectivity index (χ4n) is 1.45. The number of nitrogens with zero attached hydrogens (tertiary/aromatic N) is 2. The van der Waals surface area contributed by atoms with Crippen LogP contribution in [-0.2, 0) is 0 Å². The summed E-state index contributed by atoms with van der Waals surface area (Å²) in [7, 11) is 0. The third-order valence-corrected chi connectivity index (χ3v) is 3.19. The molecular weight excluding hydrogens is 291 g/mol. The van der Waals surface area contributed by atoms with Crippen LogP contribution in [0.2, 0.25) is 0 Å². The number of halogens is 1. The number of aromatic nitrogens is 1. The molecular formula is C14H11FN4OS.